The molecular weight excluding hydrogens is 475 g/mol. The van der Waals surface area contributed by atoms with E-state index < -0.39 is 22.7 Å². The van der Waals surface area contributed by atoms with Gasteiger partial charge in [0.25, 0.3) is 0 Å². The molecule has 3 aromatic heterocycles. The molecule has 0 saturated carbocycles. The van der Waals surface area contributed by atoms with Crippen LogP contribution in [0.25, 0.3) is 22.2 Å². The second-order valence-electron chi connectivity index (χ2n) is 9.71. The van der Waals surface area contributed by atoms with Crippen LogP contribution in [0.5, 0.6) is 5.75 Å². The first-order valence-corrected chi connectivity index (χ1v) is 11.8. The number of hydrogen-bond acceptors (Lipinski definition) is 7. The Bertz CT molecular complexity index is 1540. The lowest BCUT2D eigenvalue weighted by Gasteiger charge is -2.26. The van der Waals surface area contributed by atoms with Gasteiger partial charge in [-0.15, -0.1) is 0 Å². The van der Waals surface area contributed by atoms with Crippen molar-refractivity contribution in [3.8, 4) is 17.0 Å². The number of Topliss-reactive ketones (excluding diaryl/α,β-unsaturated/α-hetero) is 1. The normalized spacial score (nSPS) is 18.2. The molecule has 4 heterocycles. The lowest BCUT2D eigenvalue weighted by Crippen LogP contribution is -2.40. The number of ether oxygens (including phenoxy) is 1. The van der Waals surface area contributed by atoms with Crippen LogP contribution in [0.15, 0.2) is 61.1 Å². The third kappa shape index (κ3) is 4.42. The number of benzene rings is 1. The lowest BCUT2D eigenvalue weighted by molar-refractivity contribution is -0.123. The number of hydrogen-bond donors (Lipinski definition) is 2. The van der Waals surface area contributed by atoms with Crippen molar-refractivity contribution >= 4 is 22.6 Å². The van der Waals surface area contributed by atoms with Crippen molar-refractivity contribution in [1.29, 1.82) is 0 Å². The van der Waals surface area contributed by atoms with E-state index in [2.05, 4.69) is 15.0 Å². The Morgan fingerprint density at radius 3 is 2.68 bits per heavy atom. The molecule has 2 atom stereocenters. The average molecular weight is 501 g/mol. The van der Waals surface area contributed by atoms with Crippen LogP contribution in [0.4, 0.5) is 4.39 Å². The number of primary amides is 1. The third-order valence-electron chi connectivity index (χ3n) is 6.93. The van der Waals surface area contributed by atoms with Gasteiger partial charge in [0.1, 0.15) is 34.9 Å². The Hall–Kier alpha value is -4.24. The third-order valence-corrected chi connectivity index (χ3v) is 6.93. The first kappa shape index (κ1) is 24.5. The smallest absolute Gasteiger partial charge is 0.231 e. The van der Waals surface area contributed by atoms with Crippen LogP contribution in [-0.2, 0) is 15.8 Å². The van der Waals surface area contributed by atoms with E-state index in [0.717, 1.165) is 5.39 Å². The molecule has 8 nitrogen and oxygen atoms in total. The molecule has 0 bridgehead atoms. The number of aromatic nitrogens is 3. The SMILES string of the molecule is C[C@](O)(CCC(=O)c1cnc2cnccc2c1)c1cc2c(c(-c3ccc(F)cc3)n1)OC[C@]2(C)C(N)=O. The molecule has 9 heteroatoms. The second kappa shape index (κ2) is 9.01. The molecule has 0 fully saturated rings. The van der Waals surface area contributed by atoms with Crippen LogP contribution >= 0.6 is 0 Å². The molecule has 0 saturated heterocycles. The monoisotopic (exact) mass is 500 g/mol. The Morgan fingerprint density at radius 1 is 1.19 bits per heavy atom. The van der Waals surface area contributed by atoms with Crippen molar-refractivity contribution in [1.82, 2.24) is 15.0 Å². The highest BCUT2D eigenvalue weighted by Crippen LogP contribution is 2.45. The number of nitrogens with two attached hydrogens (primary N) is 1. The number of halogens is 1. The van der Waals surface area contributed by atoms with Crippen LogP contribution in [0, 0.1) is 5.82 Å². The predicted octanol–water partition coefficient (Wildman–Crippen LogP) is 3.84. The summed E-state index contributed by atoms with van der Waals surface area (Å²) >= 11 is 0. The topological polar surface area (TPSA) is 128 Å². The number of aliphatic hydroxyl groups is 1. The first-order chi connectivity index (χ1) is 17.6. The zero-order valence-corrected chi connectivity index (χ0v) is 20.4. The molecule has 4 aromatic rings. The average Bonchev–Trinajstić information content (AvgIpc) is 3.25. The van der Waals surface area contributed by atoms with Crippen molar-refractivity contribution in [2.45, 2.75) is 37.7 Å². The Balaban J connectivity index is 1.49. The van der Waals surface area contributed by atoms with Gasteiger partial charge in [-0.25, -0.2) is 9.37 Å². The van der Waals surface area contributed by atoms with E-state index in [1.165, 1.54) is 18.3 Å². The minimum atomic E-state index is -1.53. The van der Waals surface area contributed by atoms with Gasteiger partial charge < -0.3 is 15.6 Å². The summed E-state index contributed by atoms with van der Waals surface area (Å²) in [4.78, 5) is 38.3. The van der Waals surface area contributed by atoms with Crippen molar-refractivity contribution in [3.63, 3.8) is 0 Å². The Morgan fingerprint density at radius 2 is 1.95 bits per heavy atom. The number of fused-ring (bicyclic) bond motifs is 2. The first-order valence-electron chi connectivity index (χ1n) is 11.8. The van der Waals surface area contributed by atoms with E-state index in [4.69, 9.17) is 10.5 Å². The van der Waals surface area contributed by atoms with Gasteiger partial charge in [-0.1, -0.05) is 0 Å². The van der Waals surface area contributed by atoms with Gasteiger partial charge in [0.15, 0.2) is 5.78 Å². The summed E-state index contributed by atoms with van der Waals surface area (Å²) in [7, 11) is 0. The summed E-state index contributed by atoms with van der Waals surface area (Å²) < 4.78 is 19.4. The van der Waals surface area contributed by atoms with E-state index >= 15 is 0 Å². The summed E-state index contributed by atoms with van der Waals surface area (Å²) in [6.45, 7) is 3.24. The van der Waals surface area contributed by atoms with Crippen LogP contribution in [-0.4, -0.2) is 38.4 Å². The number of ketones is 1. The summed E-state index contributed by atoms with van der Waals surface area (Å²) in [5, 5.41) is 12.2. The Labute approximate surface area is 212 Å². The molecule has 1 aliphatic rings. The number of amides is 1. The molecule has 0 spiro atoms. The maximum atomic E-state index is 13.6. The molecule has 1 amide bonds. The zero-order chi connectivity index (χ0) is 26.4. The fraction of sp³-hybridized carbons (Fsp3) is 0.250. The molecule has 0 radical (unpaired) electrons. The van der Waals surface area contributed by atoms with Gasteiger partial charge in [0.05, 0.1) is 17.4 Å². The molecular formula is C28H25FN4O4. The highest BCUT2D eigenvalue weighted by Gasteiger charge is 2.45. The molecule has 5 rings (SSSR count). The number of carbonyl (C=O) groups excluding carboxylic acids is 2. The molecule has 3 N–H and O–H groups in total. The maximum Gasteiger partial charge on any atom is 0.231 e. The number of nitrogens with zero attached hydrogens (tertiary/aromatic N) is 3. The summed E-state index contributed by atoms with van der Waals surface area (Å²) in [6.07, 6.45) is 4.83. The number of rotatable bonds is 7. The molecule has 0 aliphatic carbocycles. The largest absolute Gasteiger partial charge is 0.489 e. The molecule has 37 heavy (non-hydrogen) atoms. The minimum absolute atomic E-state index is 0.0160. The van der Waals surface area contributed by atoms with Gasteiger partial charge in [0.2, 0.25) is 5.91 Å². The minimum Gasteiger partial charge on any atom is -0.489 e. The van der Waals surface area contributed by atoms with E-state index in [9.17, 15) is 19.1 Å². The predicted molar refractivity (Wildman–Crippen MR) is 134 cm³/mol. The van der Waals surface area contributed by atoms with Gasteiger partial charge in [-0.05, 0) is 62.7 Å². The number of pyridine rings is 3. The van der Waals surface area contributed by atoms with Gasteiger partial charge in [-0.3, -0.25) is 19.6 Å². The van der Waals surface area contributed by atoms with Crippen LogP contribution in [0.1, 0.15) is 48.3 Å². The highest BCUT2D eigenvalue weighted by molar-refractivity contribution is 5.98. The highest BCUT2D eigenvalue weighted by atomic mass is 19.1. The fourth-order valence-electron chi connectivity index (χ4n) is 4.42. The van der Waals surface area contributed by atoms with E-state index in [-0.39, 0.29) is 30.9 Å². The van der Waals surface area contributed by atoms with E-state index in [0.29, 0.717) is 33.7 Å². The van der Waals surface area contributed by atoms with Gasteiger partial charge in [0, 0.05) is 40.9 Å². The molecule has 1 aromatic carbocycles. The van der Waals surface area contributed by atoms with E-state index in [1.54, 1.807) is 56.6 Å². The summed E-state index contributed by atoms with van der Waals surface area (Å²) in [5.41, 5.74) is 5.80. The molecule has 1 aliphatic heterocycles. The fourth-order valence-corrected chi connectivity index (χ4v) is 4.42. The van der Waals surface area contributed by atoms with Gasteiger partial charge in [-0.2, -0.15) is 0 Å². The maximum absolute atomic E-state index is 13.6. The Kier molecular flexibility index (Phi) is 5.95. The molecule has 188 valence electrons. The quantitative estimate of drug-likeness (QED) is 0.369. The van der Waals surface area contributed by atoms with Crippen LogP contribution in [0.3, 0.4) is 0 Å². The van der Waals surface area contributed by atoms with Crippen molar-refractivity contribution in [3.05, 3.63) is 83.7 Å². The van der Waals surface area contributed by atoms with Crippen molar-refractivity contribution in [2.24, 2.45) is 5.73 Å². The van der Waals surface area contributed by atoms with E-state index in [1.807, 2.05) is 0 Å². The zero-order valence-electron chi connectivity index (χ0n) is 20.4. The van der Waals surface area contributed by atoms with Crippen molar-refractivity contribution < 1.29 is 23.8 Å². The second-order valence-corrected chi connectivity index (χ2v) is 9.71. The molecule has 0 unspecified atom stereocenters. The van der Waals surface area contributed by atoms with Gasteiger partial charge >= 0.3 is 0 Å². The van der Waals surface area contributed by atoms with Crippen molar-refractivity contribution in [2.75, 3.05) is 6.61 Å². The summed E-state index contributed by atoms with van der Waals surface area (Å²) in [5.74, 6) is -0.816. The standard InChI is InChI=1S/C28H25FN4O4/c1-27(26(30)35)15-37-25-20(27)12-23(33-24(25)16-3-5-19(29)6-4-16)28(2,36)9-7-22(34)18-11-17-8-10-31-14-21(17)32-13-18/h3-6,8,10-14,36H,7,9,15H2,1-2H3,(H2,30,35)/t27-,28-/m0/s1. The summed E-state index contributed by atoms with van der Waals surface area (Å²) in [6, 6.07) is 10.8. The van der Waals surface area contributed by atoms with Crippen LogP contribution < -0.4 is 10.5 Å². The lowest BCUT2D eigenvalue weighted by atomic mass is 9.81. The number of carbonyl (C=O) groups is 2. The van der Waals surface area contributed by atoms with Crippen LogP contribution in [0.2, 0.25) is 0 Å².